The number of rotatable bonds is 5. The molecule has 1 heterocycles. The van der Waals surface area contributed by atoms with Crippen molar-refractivity contribution in [2.24, 2.45) is 0 Å². The molecule has 0 aliphatic rings. The first kappa shape index (κ1) is 15.1. The van der Waals surface area contributed by atoms with Gasteiger partial charge in [0.1, 0.15) is 6.04 Å². The van der Waals surface area contributed by atoms with Crippen molar-refractivity contribution in [3.63, 3.8) is 0 Å². The summed E-state index contributed by atoms with van der Waals surface area (Å²) in [5.41, 5.74) is 0. The summed E-state index contributed by atoms with van der Waals surface area (Å²) in [6.45, 7) is 3.34. The van der Waals surface area contributed by atoms with E-state index in [1.54, 1.807) is 26.0 Å². The summed E-state index contributed by atoms with van der Waals surface area (Å²) in [6.07, 6.45) is -0.606. The van der Waals surface area contributed by atoms with Crippen molar-refractivity contribution >= 4 is 39.1 Å². The third-order valence-corrected chi connectivity index (χ3v) is 3.73. The molecule has 3 N–H and O–H groups in total. The van der Waals surface area contributed by atoms with Gasteiger partial charge in [0, 0.05) is 6.54 Å². The Morgan fingerprint density at radius 1 is 1.44 bits per heavy atom. The molecular weight excluding hydrogens is 320 g/mol. The summed E-state index contributed by atoms with van der Waals surface area (Å²) < 4.78 is 0.860. The van der Waals surface area contributed by atoms with Crippen LogP contribution in [0.15, 0.2) is 15.9 Å². The number of nitrogens with one attached hydrogen (secondary N) is 2. The van der Waals surface area contributed by atoms with E-state index in [0.29, 0.717) is 4.88 Å². The van der Waals surface area contributed by atoms with Gasteiger partial charge < -0.3 is 15.7 Å². The summed E-state index contributed by atoms with van der Waals surface area (Å²) >= 11 is 4.57. The van der Waals surface area contributed by atoms with E-state index < -0.39 is 12.1 Å². The molecule has 0 spiro atoms. The normalized spacial score (nSPS) is 13.8. The van der Waals surface area contributed by atoms with Crippen molar-refractivity contribution in [2.75, 3.05) is 6.54 Å². The molecule has 100 valence electrons. The summed E-state index contributed by atoms with van der Waals surface area (Å²) in [4.78, 5) is 23.9. The quantitative estimate of drug-likeness (QED) is 0.755. The van der Waals surface area contributed by atoms with Crippen LogP contribution in [0.4, 0.5) is 0 Å². The predicted molar refractivity (Wildman–Crippen MR) is 73.6 cm³/mol. The summed E-state index contributed by atoms with van der Waals surface area (Å²) in [7, 11) is 0. The number of aliphatic hydroxyl groups excluding tert-OH is 1. The van der Waals surface area contributed by atoms with E-state index in [0.717, 1.165) is 3.79 Å². The Bertz CT molecular complexity index is 434. The van der Waals surface area contributed by atoms with Crippen molar-refractivity contribution in [1.82, 2.24) is 10.6 Å². The fraction of sp³-hybridized carbons (Fsp3) is 0.455. The van der Waals surface area contributed by atoms with Crippen LogP contribution in [-0.2, 0) is 4.79 Å². The van der Waals surface area contributed by atoms with Gasteiger partial charge >= 0.3 is 0 Å². The van der Waals surface area contributed by atoms with Gasteiger partial charge in [-0.15, -0.1) is 11.3 Å². The molecule has 0 aliphatic heterocycles. The Kier molecular flexibility index (Phi) is 5.77. The van der Waals surface area contributed by atoms with Crippen LogP contribution in [0.5, 0.6) is 0 Å². The van der Waals surface area contributed by atoms with Crippen LogP contribution in [-0.4, -0.2) is 35.6 Å². The molecule has 0 fully saturated rings. The molecule has 2 amide bonds. The number of hydrogen-bond acceptors (Lipinski definition) is 4. The monoisotopic (exact) mass is 334 g/mol. The van der Waals surface area contributed by atoms with E-state index in [4.69, 9.17) is 5.11 Å². The number of amides is 2. The molecule has 1 rings (SSSR count). The molecule has 0 bridgehead atoms. The number of halogens is 1. The number of hydrogen-bond donors (Lipinski definition) is 3. The van der Waals surface area contributed by atoms with Gasteiger partial charge in [0.2, 0.25) is 5.91 Å². The van der Waals surface area contributed by atoms with Crippen LogP contribution >= 0.6 is 27.3 Å². The van der Waals surface area contributed by atoms with E-state index >= 15 is 0 Å². The second-order valence-corrected chi connectivity index (χ2v) is 6.36. The third-order valence-electron chi connectivity index (χ3n) is 2.11. The molecule has 1 aromatic heterocycles. The van der Waals surface area contributed by atoms with Crippen molar-refractivity contribution in [3.8, 4) is 0 Å². The lowest BCUT2D eigenvalue weighted by Crippen LogP contribution is -2.46. The average Bonchev–Trinajstić information content (AvgIpc) is 2.72. The molecule has 5 nitrogen and oxygen atoms in total. The minimum atomic E-state index is -0.642. The molecule has 0 radical (unpaired) electrons. The Balaban J connectivity index is 2.46. The zero-order valence-corrected chi connectivity index (χ0v) is 12.5. The van der Waals surface area contributed by atoms with Gasteiger partial charge in [0.15, 0.2) is 0 Å². The minimum Gasteiger partial charge on any atom is -0.392 e. The zero-order chi connectivity index (χ0) is 13.7. The molecule has 2 unspecified atom stereocenters. The van der Waals surface area contributed by atoms with Crippen LogP contribution in [0, 0.1) is 0 Å². The maximum Gasteiger partial charge on any atom is 0.262 e. The Labute approximate surface area is 118 Å². The first-order valence-corrected chi connectivity index (χ1v) is 7.03. The summed E-state index contributed by atoms with van der Waals surface area (Å²) in [6, 6.07) is 2.82. The van der Waals surface area contributed by atoms with Gasteiger partial charge in [-0.2, -0.15) is 0 Å². The molecule has 2 atom stereocenters. The number of aliphatic hydroxyl groups is 1. The van der Waals surface area contributed by atoms with Crippen molar-refractivity contribution < 1.29 is 14.7 Å². The second kappa shape index (κ2) is 6.86. The predicted octanol–water partition coefficient (Wildman–Crippen LogP) is 1.13. The molecule has 1 aromatic rings. The van der Waals surface area contributed by atoms with Crippen LogP contribution in [0.2, 0.25) is 0 Å². The standard InChI is InChI=1S/C11H15BrN2O3S/c1-6(15)5-13-10(16)7(2)14-11(17)8-3-4-9(12)18-8/h3-4,6-7,15H,5H2,1-2H3,(H,13,16)(H,14,17). The van der Waals surface area contributed by atoms with Crippen LogP contribution < -0.4 is 10.6 Å². The molecule has 0 aliphatic carbocycles. The topological polar surface area (TPSA) is 78.4 Å². The van der Waals surface area contributed by atoms with E-state index in [-0.39, 0.29) is 18.4 Å². The maximum absolute atomic E-state index is 11.8. The average molecular weight is 335 g/mol. The molecule has 0 saturated carbocycles. The first-order valence-electron chi connectivity index (χ1n) is 5.42. The molecule has 0 aromatic carbocycles. The lowest BCUT2D eigenvalue weighted by molar-refractivity contribution is -0.123. The van der Waals surface area contributed by atoms with Gasteiger partial charge in [-0.05, 0) is 41.9 Å². The zero-order valence-electron chi connectivity index (χ0n) is 10.1. The molecule has 0 saturated heterocycles. The fourth-order valence-corrected chi connectivity index (χ4v) is 2.46. The minimum absolute atomic E-state index is 0.170. The molecular formula is C11H15BrN2O3S. The Hall–Kier alpha value is -0.920. The highest BCUT2D eigenvalue weighted by atomic mass is 79.9. The largest absolute Gasteiger partial charge is 0.392 e. The highest BCUT2D eigenvalue weighted by molar-refractivity contribution is 9.11. The number of carbonyl (C=O) groups is 2. The Morgan fingerprint density at radius 2 is 2.11 bits per heavy atom. The van der Waals surface area contributed by atoms with Crippen LogP contribution in [0.3, 0.4) is 0 Å². The lowest BCUT2D eigenvalue weighted by Gasteiger charge is -2.14. The summed E-state index contributed by atoms with van der Waals surface area (Å²) in [5.74, 6) is -0.606. The summed E-state index contributed by atoms with van der Waals surface area (Å²) in [5, 5.41) is 14.2. The lowest BCUT2D eigenvalue weighted by atomic mass is 10.3. The SMILES string of the molecule is CC(O)CNC(=O)C(C)NC(=O)c1ccc(Br)s1. The van der Waals surface area contributed by atoms with Gasteiger partial charge in [-0.25, -0.2) is 0 Å². The van der Waals surface area contributed by atoms with Gasteiger partial charge in [0.25, 0.3) is 5.91 Å². The number of thiophene rings is 1. The highest BCUT2D eigenvalue weighted by Gasteiger charge is 2.17. The van der Waals surface area contributed by atoms with Gasteiger partial charge in [0.05, 0.1) is 14.8 Å². The van der Waals surface area contributed by atoms with Crippen molar-refractivity contribution in [1.29, 1.82) is 0 Å². The first-order chi connectivity index (χ1) is 8.40. The van der Waals surface area contributed by atoms with Crippen molar-refractivity contribution in [2.45, 2.75) is 26.0 Å². The van der Waals surface area contributed by atoms with Crippen LogP contribution in [0.1, 0.15) is 23.5 Å². The van der Waals surface area contributed by atoms with E-state index in [1.165, 1.54) is 11.3 Å². The van der Waals surface area contributed by atoms with Crippen LogP contribution in [0.25, 0.3) is 0 Å². The van der Waals surface area contributed by atoms with Gasteiger partial charge in [-0.1, -0.05) is 0 Å². The molecule has 18 heavy (non-hydrogen) atoms. The van der Waals surface area contributed by atoms with E-state index in [9.17, 15) is 9.59 Å². The Morgan fingerprint density at radius 3 is 2.61 bits per heavy atom. The highest BCUT2D eigenvalue weighted by Crippen LogP contribution is 2.21. The van der Waals surface area contributed by atoms with E-state index in [1.807, 2.05) is 0 Å². The maximum atomic E-state index is 11.8. The van der Waals surface area contributed by atoms with E-state index in [2.05, 4.69) is 26.6 Å². The number of carbonyl (C=O) groups excluding carboxylic acids is 2. The van der Waals surface area contributed by atoms with Gasteiger partial charge in [-0.3, -0.25) is 9.59 Å². The molecule has 7 heteroatoms. The third kappa shape index (κ3) is 4.75. The smallest absolute Gasteiger partial charge is 0.262 e. The second-order valence-electron chi connectivity index (χ2n) is 3.89. The fourth-order valence-electron chi connectivity index (χ4n) is 1.17. The van der Waals surface area contributed by atoms with Crippen molar-refractivity contribution in [3.05, 3.63) is 20.8 Å².